The fourth-order valence-electron chi connectivity index (χ4n) is 2.10. The average molecular weight is 427 g/mol. The summed E-state index contributed by atoms with van der Waals surface area (Å²) in [5, 5.41) is 63.1. The van der Waals surface area contributed by atoms with Gasteiger partial charge in [-0.15, -0.1) is 0 Å². The van der Waals surface area contributed by atoms with E-state index < -0.39 is 67.4 Å². The molecule has 13 heteroatoms. The summed E-state index contributed by atoms with van der Waals surface area (Å²) in [6, 6.07) is -2.15. The molecule has 0 saturated carbocycles. The van der Waals surface area contributed by atoms with E-state index in [1.807, 2.05) is 0 Å². The SMILES string of the molecule is CNC(CC(=O)NCC(O)C(O)C(O)C(O)CO)C(=O)N[C@@H](CSC)C(=O)O. The molecule has 0 aliphatic carbocycles. The van der Waals surface area contributed by atoms with Crippen molar-refractivity contribution < 1.29 is 45.0 Å². The van der Waals surface area contributed by atoms with Gasteiger partial charge in [-0.1, -0.05) is 0 Å². The fourth-order valence-corrected chi connectivity index (χ4v) is 2.66. The lowest BCUT2D eigenvalue weighted by molar-refractivity contribution is -0.141. The van der Waals surface area contributed by atoms with Crippen molar-refractivity contribution in [1.29, 1.82) is 0 Å². The van der Waals surface area contributed by atoms with Crippen molar-refractivity contribution in [2.45, 2.75) is 42.9 Å². The highest BCUT2D eigenvalue weighted by molar-refractivity contribution is 7.98. The number of likely N-dealkylation sites (N-methyl/N-ethyl adjacent to an activating group) is 1. The number of nitrogens with one attached hydrogen (secondary N) is 3. The van der Waals surface area contributed by atoms with Crippen LogP contribution in [0.4, 0.5) is 0 Å². The summed E-state index contributed by atoms with van der Waals surface area (Å²) >= 11 is 1.23. The van der Waals surface area contributed by atoms with E-state index in [0.717, 1.165) is 0 Å². The number of aliphatic hydroxyl groups is 5. The Kier molecular flexibility index (Phi) is 12.9. The number of rotatable bonds is 14. The third-order valence-electron chi connectivity index (χ3n) is 3.84. The number of amides is 2. The van der Waals surface area contributed by atoms with Crippen molar-refractivity contribution in [3.8, 4) is 0 Å². The molecule has 2 amide bonds. The maximum absolute atomic E-state index is 12.1. The molecule has 0 aliphatic rings. The lowest BCUT2D eigenvalue weighted by atomic mass is 10.0. The highest BCUT2D eigenvalue weighted by Gasteiger charge is 2.31. The Hall–Kier alpha value is -1.48. The first kappa shape index (κ1) is 26.5. The summed E-state index contributed by atoms with van der Waals surface area (Å²) in [6.45, 7) is -1.32. The predicted molar refractivity (Wildman–Crippen MR) is 99.5 cm³/mol. The number of aliphatic carboxylic acids is 1. The molecule has 0 aromatic heterocycles. The molecule has 28 heavy (non-hydrogen) atoms. The van der Waals surface area contributed by atoms with Crippen LogP contribution in [0.5, 0.6) is 0 Å². The van der Waals surface area contributed by atoms with E-state index in [1.165, 1.54) is 18.8 Å². The van der Waals surface area contributed by atoms with Gasteiger partial charge in [0.1, 0.15) is 24.4 Å². The molecule has 12 nitrogen and oxygen atoms in total. The number of hydrogen-bond donors (Lipinski definition) is 9. The van der Waals surface area contributed by atoms with Gasteiger partial charge in [0.2, 0.25) is 11.8 Å². The molecule has 9 N–H and O–H groups in total. The van der Waals surface area contributed by atoms with Crippen molar-refractivity contribution in [3.63, 3.8) is 0 Å². The maximum atomic E-state index is 12.1. The van der Waals surface area contributed by atoms with Crippen LogP contribution in [0.2, 0.25) is 0 Å². The number of aliphatic hydroxyl groups excluding tert-OH is 5. The summed E-state index contributed by atoms with van der Waals surface area (Å²) in [6.07, 6.45) is -5.65. The Morgan fingerprint density at radius 1 is 1.00 bits per heavy atom. The van der Waals surface area contributed by atoms with Crippen molar-refractivity contribution in [3.05, 3.63) is 0 Å². The molecule has 164 valence electrons. The molecule has 0 aromatic carbocycles. The van der Waals surface area contributed by atoms with Gasteiger partial charge in [-0.3, -0.25) is 9.59 Å². The summed E-state index contributed by atoms with van der Waals surface area (Å²) < 4.78 is 0. The van der Waals surface area contributed by atoms with Crippen molar-refractivity contribution in [2.75, 3.05) is 32.2 Å². The molecule has 0 heterocycles. The summed E-state index contributed by atoms with van der Waals surface area (Å²) in [5.41, 5.74) is 0. The maximum Gasteiger partial charge on any atom is 0.327 e. The summed E-state index contributed by atoms with van der Waals surface area (Å²) in [5.74, 6) is -2.44. The fraction of sp³-hybridized carbons (Fsp3) is 0.800. The third kappa shape index (κ3) is 9.14. The van der Waals surface area contributed by atoms with Crippen LogP contribution in [0.1, 0.15) is 6.42 Å². The van der Waals surface area contributed by atoms with Crippen LogP contribution in [-0.2, 0) is 14.4 Å². The van der Waals surface area contributed by atoms with Gasteiger partial charge >= 0.3 is 5.97 Å². The van der Waals surface area contributed by atoms with Crippen LogP contribution in [0.15, 0.2) is 0 Å². The Morgan fingerprint density at radius 3 is 2.04 bits per heavy atom. The van der Waals surface area contributed by atoms with E-state index in [1.54, 1.807) is 6.26 Å². The zero-order valence-electron chi connectivity index (χ0n) is 15.6. The molecule has 0 bridgehead atoms. The first-order valence-electron chi connectivity index (χ1n) is 8.38. The predicted octanol–water partition coefficient (Wildman–Crippen LogP) is -4.55. The smallest absolute Gasteiger partial charge is 0.327 e. The van der Waals surface area contributed by atoms with E-state index in [2.05, 4.69) is 16.0 Å². The Bertz CT molecular complexity index is 511. The topological polar surface area (TPSA) is 209 Å². The Labute approximate surface area is 166 Å². The lowest BCUT2D eigenvalue weighted by Gasteiger charge is -2.26. The van der Waals surface area contributed by atoms with E-state index in [9.17, 15) is 34.8 Å². The van der Waals surface area contributed by atoms with E-state index in [0.29, 0.717) is 0 Å². The zero-order valence-corrected chi connectivity index (χ0v) is 16.4. The van der Waals surface area contributed by atoms with Gasteiger partial charge in [-0.05, 0) is 13.3 Å². The van der Waals surface area contributed by atoms with Crippen LogP contribution >= 0.6 is 11.8 Å². The van der Waals surface area contributed by atoms with Gasteiger partial charge in [0, 0.05) is 12.3 Å². The van der Waals surface area contributed by atoms with Crippen LogP contribution in [0.25, 0.3) is 0 Å². The quantitative estimate of drug-likeness (QED) is 0.129. The van der Waals surface area contributed by atoms with E-state index >= 15 is 0 Å². The van der Waals surface area contributed by atoms with Crippen molar-refractivity contribution in [2.24, 2.45) is 0 Å². The number of thioether (sulfide) groups is 1. The molecule has 6 atom stereocenters. The number of hydrogen-bond acceptors (Lipinski definition) is 10. The molecule has 0 aliphatic heterocycles. The molecular formula is C15H29N3O9S. The van der Waals surface area contributed by atoms with Gasteiger partial charge < -0.3 is 46.6 Å². The zero-order chi connectivity index (χ0) is 21.9. The number of carboxylic acids is 1. The van der Waals surface area contributed by atoms with Crippen LogP contribution in [0, 0.1) is 0 Å². The van der Waals surface area contributed by atoms with E-state index in [4.69, 9.17) is 10.2 Å². The summed E-state index contributed by atoms with van der Waals surface area (Å²) in [4.78, 5) is 35.2. The highest BCUT2D eigenvalue weighted by atomic mass is 32.2. The second kappa shape index (κ2) is 13.7. The van der Waals surface area contributed by atoms with E-state index in [-0.39, 0.29) is 12.2 Å². The molecule has 0 spiro atoms. The molecule has 0 aromatic rings. The number of carbonyl (C=O) groups is 3. The standard InChI is InChI=1S/C15H29N3O9S/c1-16-7(14(25)18-8(6-28-2)15(26)27)3-11(22)17-4-9(20)12(23)13(24)10(21)5-19/h7-10,12-13,16,19-21,23-24H,3-6H2,1-2H3,(H,17,22)(H,18,25)(H,26,27)/t7?,8-,9?,10?,12?,13?/m0/s1. The molecule has 0 radical (unpaired) electrons. The normalized spacial score (nSPS) is 17.7. The van der Waals surface area contributed by atoms with Crippen LogP contribution in [0.3, 0.4) is 0 Å². The van der Waals surface area contributed by atoms with Gasteiger partial charge in [0.15, 0.2) is 0 Å². The lowest BCUT2D eigenvalue weighted by Crippen LogP contribution is -2.52. The molecule has 0 fully saturated rings. The molecule has 5 unspecified atom stereocenters. The molecule has 0 rings (SSSR count). The second-order valence-electron chi connectivity index (χ2n) is 6.00. The first-order chi connectivity index (χ1) is 13.1. The van der Waals surface area contributed by atoms with Gasteiger partial charge in [-0.2, -0.15) is 11.8 Å². The van der Waals surface area contributed by atoms with Gasteiger partial charge in [0.05, 0.1) is 25.2 Å². The number of carboxylic acid groups (broad SMARTS) is 1. The molecule has 0 saturated heterocycles. The second-order valence-corrected chi connectivity index (χ2v) is 6.91. The van der Waals surface area contributed by atoms with Crippen LogP contribution < -0.4 is 16.0 Å². The minimum Gasteiger partial charge on any atom is -0.480 e. The van der Waals surface area contributed by atoms with Gasteiger partial charge in [0.25, 0.3) is 0 Å². The minimum atomic E-state index is -1.83. The number of carbonyl (C=O) groups excluding carboxylic acids is 2. The van der Waals surface area contributed by atoms with Crippen molar-refractivity contribution >= 4 is 29.5 Å². The highest BCUT2D eigenvalue weighted by Crippen LogP contribution is 2.05. The monoisotopic (exact) mass is 427 g/mol. The Balaban J connectivity index is 4.61. The molecular weight excluding hydrogens is 398 g/mol. The van der Waals surface area contributed by atoms with Crippen LogP contribution in [-0.4, -0.2) is 117 Å². The summed E-state index contributed by atoms with van der Waals surface area (Å²) in [7, 11) is 1.41. The minimum absolute atomic E-state index is 0.149. The Morgan fingerprint density at radius 2 is 1.57 bits per heavy atom. The average Bonchev–Trinajstić information content (AvgIpc) is 2.67. The largest absolute Gasteiger partial charge is 0.480 e. The first-order valence-corrected chi connectivity index (χ1v) is 9.77. The third-order valence-corrected chi connectivity index (χ3v) is 4.50. The van der Waals surface area contributed by atoms with Crippen molar-refractivity contribution in [1.82, 2.24) is 16.0 Å². The van der Waals surface area contributed by atoms with Gasteiger partial charge in [-0.25, -0.2) is 4.79 Å².